The zero-order valence-corrected chi connectivity index (χ0v) is 9.48. The number of primary amides is 1. The number of urea groups is 1. The zero-order chi connectivity index (χ0) is 13.7. The van der Waals surface area contributed by atoms with E-state index in [4.69, 9.17) is 10.5 Å². The van der Waals surface area contributed by atoms with E-state index < -0.39 is 29.8 Å². The normalized spacial score (nSPS) is 11.4. The maximum Gasteiger partial charge on any atom is 0.338 e. The number of amides is 3. The molecule has 0 fully saturated rings. The van der Waals surface area contributed by atoms with Crippen LogP contribution in [0.2, 0.25) is 0 Å². The third-order valence-electron chi connectivity index (χ3n) is 1.98. The van der Waals surface area contributed by atoms with Crippen LogP contribution < -0.4 is 11.1 Å². The van der Waals surface area contributed by atoms with Crippen molar-refractivity contribution < 1.29 is 23.5 Å². The monoisotopic (exact) mass is 254 g/mol. The molecule has 0 heterocycles. The van der Waals surface area contributed by atoms with Gasteiger partial charge in [-0.25, -0.2) is 14.0 Å². The van der Waals surface area contributed by atoms with Gasteiger partial charge >= 0.3 is 12.0 Å². The average Bonchev–Trinajstić information content (AvgIpc) is 2.28. The lowest BCUT2D eigenvalue weighted by atomic mass is 10.2. The number of hydrogen-bond donors (Lipinski definition) is 2. The molecular formula is C11H11FN2O4. The van der Waals surface area contributed by atoms with E-state index in [9.17, 15) is 18.8 Å². The van der Waals surface area contributed by atoms with Gasteiger partial charge in [-0.05, 0) is 31.2 Å². The lowest BCUT2D eigenvalue weighted by Gasteiger charge is -2.11. The van der Waals surface area contributed by atoms with Gasteiger partial charge in [-0.15, -0.1) is 0 Å². The minimum absolute atomic E-state index is 0.0927. The number of nitrogens with one attached hydrogen (secondary N) is 1. The van der Waals surface area contributed by atoms with Crippen molar-refractivity contribution in [3.8, 4) is 0 Å². The quantitative estimate of drug-likeness (QED) is 0.770. The number of hydrogen-bond acceptors (Lipinski definition) is 4. The Morgan fingerprint density at radius 1 is 1.28 bits per heavy atom. The molecule has 3 N–H and O–H groups in total. The topological polar surface area (TPSA) is 98.5 Å². The molecule has 0 aliphatic heterocycles. The molecule has 18 heavy (non-hydrogen) atoms. The molecule has 6 nitrogen and oxygen atoms in total. The maximum atomic E-state index is 12.6. The van der Waals surface area contributed by atoms with Gasteiger partial charge in [0.1, 0.15) is 5.82 Å². The van der Waals surface area contributed by atoms with E-state index in [2.05, 4.69) is 0 Å². The van der Waals surface area contributed by atoms with Crippen LogP contribution in [-0.4, -0.2) is 24.0 Å². The molecular weight excluding hydrogens is 243 g/mol. The van der Waals surface area contributed by atoms with Crippen molar-refractivity contribution in [3.05, 3.63) is 35.6 Å². The summed E-state index contributed by atoms with van der Waals surface area (Å²) in [6, 6.07) is 3.58. The predicted molar refractivity (Wildman–Crippen MR) is 59.0 cm³/mol. The number of nitrogens with two attached hydrogens (primary N) is 1. The van der Waals surface area contributed by atoms with Gasteiger partial charge in [0.15, 0.2) is 6.10 Å². The van der Waals surface area contributed by atoms with E-state index in [0.29, 0.717) is 0 Å². The number of esters is 1. The van der Waals surface area contributed by atoms with E-state index in [1.165, 1.54) is 19.1 Å². The number of rotatable bonds is 3. The predicted octanol–water partition coefficient (Wildman–Crippen LogP) is 0.566. The number of ether oxygens (including phenoxy) is 1. The van der Waals surface area contributed by atoms with Gasteiger partial charge in [0.05, 0.1) is 5.56 Å². The van der Waals surface area contributed by atoms with Gasteiger partial charge in [-0.1, -0.05) is 0 Å². The molecule has 1 aromatic rings. The highest BCUT2D eigenvalue weighted by Gasteiger charge is 2.19. The molecule has 1 atom stereocenters. The van der Waals surface area contributed by atoms with Crippen molar-refractivity contribution in [1.29, 1.82) is 0 Å². The molecule has 0 saturated carbocycles. The highest BCUT2D eigenvalue weighted by Crippen LogP contribution is 2.06. The van der Waals surface area contributed by atoms with Crippen molar-refractivity contribution >= 4 is 17.9 Å². The second-order valence-electron chi connectivity index (χ2n) is 3.41. The lowest BCUT2D eigenvalue weighted by Crippen LogP contribution is -2.42. The van der Waals surface area contributed by atoms with Gasteiger partial charge in [-0.3, -0.25) is 10.1 Å². The molecule has 96 valence electrons. The standard InChI is InChI=1S/C11H11FN2O4/c1-6(9(15)14-11(13)17)18-10(16)7-2-4-8(12)5-3-7/h2-6H,1H3,(H3,13,14,15,17). The highest BCUT2D eigenvalue weighted by molar-refractivity contribution is 5.97. The van der Waals surface area contributed by atoms with Crippen LogP contribution in [0.1, 0.15) is 17.3 Å². The first-order valence-electron chi connectivity index (χ1n) is 4.97. The summed E-state index contributed by atoms with van der Waals surface area (Å²) in [6.45, 7) is 1.28. The molecule has 0 spiro atoms. The van der Waals surface area contributed by atoms with Crippen LogP contribution in [0, 0.1) is 5.82 Å². The van der Waals surface area contributed by atoms with Crippen molar-refractivity contribution in [2.45, 2.75) is 13.0 Å². The van der Waals surface area contributed by atoms with Crippen molar-refractivity contribution in [3.63, 3.8) is 0 Å². The Kier molecular flexibility index (Phi) is 4.36. The summed E-state index contributed by atoms with van der Waals surface area (Å²) in [6.07, 6.45) is -1.19. The van der Waals surface area contributed by atoms with Gasteiger partial charge < -0.3 is 10.5 Å². The third-order valence-corrected chi connectivity index (χ3v) is 1.98. The first-order valence-corrected chi connectivity index (χ1v) is 4.97. The van der Waals surface area contributed by atoms with Crippen LogP contribution >= 0.6 is 0 Å². The summed E-state index contributed by atoms with van der Waals surface area (Å²) < 4.78 is 17.4. The number of imide groups is 1. The average molecular weight is 254 g/mol. The first-order chi connectivity index (χ1) is 8.40. The number of carbonyl (C=O) groups excluding carboxylic acids is 3. The summed E-state index contributed by atoms with van der Waals surface area (Å²) in [7, 11) is 0. The fraction of sp³-hybridized carbons (Fsp3) is 0.182. The van der Waals surface area contributed by atoms with E-state index in [1.54, 1.807) is 5.32 Å². The van der Waals surface area contributed by atoms with Crippen molar-refractivity contribution in [2.24, 2.45) is 5.73 Å². The van der Waals surface area contributed by atoms with Crippen LogP contribution in [0.5, 0.6) is 0 Å². The fourth-order valence-corrected chi connectivity index (χ4v) is 1.09. The third kappa shape index (κ3) is 3.85. The molecule has 1 unspecified atom stereocenters. The van der Waals surface area contributed by atoms with Gasteiger partial charge in [-0.2, -0.15) is 0 Å². The van der Waals surface area contributed by atoms with Crippen LogP contribution in [-0.2, 0) is 9.53 Å². The van der Waals surface area contributed by atoms with E-state index in [-0.39, 0.29) is 5.56 Å². The van der Waals surface area contributed by atoms with Crippen molar-refractivity contribution in [2.75, 3.05) is 0 Å². The fourth-order valence-electron chi connectivity index (χ4n) is 1.09. The van der Waals surface area contributed by atoms with Crippen LogP contribution in [0.15, 0.2) is 24.3 Å². The van der Waals surface area contributed by atoms with Crippen LogP contribution in [0.3, 0.4) is 0 Å². The Bertz CT molecular complexity index is 472. The number of carbonyl (C=O) groups is 3. The molecule has 7 heteroatoms. The summed E-state index contributed by atoms with van der Waals surface area (Å²) in [5.41, 5.74) is 4.83. The molecule has 0 aromatic heterocycles. The molecule has 0 aliphatic rings. The Hall–Kier alpha value is -2.44. The number of benzene rings is 1. The maximum absolute atomic E-state index is 12.6. The van der Waals surface area contributed by atoms with Crippen LogP contribution in [0.4, 0.5) is 9.18 Å². The van der Waals surface area contributed by atoms with Gasteiger partial charge in [0.25, 0.3) is 5.91 Å². The molecule has 3 amide bonds. The minimum atomic E-state index is -1.19. The molecule has 1 rings (SSSR count). The molecule has 0 radical (unpaired) electrons. The van der Waals surface area contributed by atoms with E-state index >= 15 is 0 Å². The Morgan fingerprint density at radius 3 is 2.33 bits per heavy atom. The van der Waals surface area contributed by atoms with Crippen molar-refractivity contribution in [1.82, 2.24) is 5.32 Å². The summed E-state index contributed by atoms with van der Waals surface area (Å²) in [5.74, 6) is -2.13. The molecule has 0 bridgehead atoms. The Balaban J connectivity index is 2.62. The summed E-state index contributed by atoms with van der Waals surface area (Å²) in [4.78, 5) is 33.2. The minimum Gasteiger partial charge on any atom is -0.449 e. The Morgan fingerprint density at radius 2 is 1.83 bits per heavy atom. The number of halogens is 1. The molecule has 0 aliphatic carbocycles. The SMILES string of the molecule is CC(OC(=O)c1ccc(F)cc1)C(=O)NC(N)=O. The zero-order valence-electron chi connectivity index (χ0n) is 9.48. The van der Waals surface area contributed by atoms with E-state index in [1.807, 2.05) is 0 Å². The molecule has 1 aromatic carbocycles. The summed E-state index contributed by atoms with van der Waals surface area (Å²) in [5, 5.41) is 1.77. The highest BCUT2D eigenvalue weighted by atomic mass is 19.1. The summed E-state index contributed by atoms with van der Waals surface area (Å²) >= 11 is 0. The molecule has 0 saturated heterocycles. The van der Waals surface area contributed by atoms with Gasteiger partial charge in [0, 0.05) is 0 Å². The first kappa shape index (κ1) is 13.6. The van der Waals surface area contributed by atoms with Crippen LogP contribution in [0.25, 0.3) is 0 Å². The van der Waals surface area contributed by atoms with Gasteiger partial charge in [0.2, 0.25) is 0 Å². The Labute approximate surface area is 102 Å². The second kappa shape index (κ2) is 5.76. The largest absolute Gasteiger partial charge is 0.449 e. The van der Waals surface area contributed by atoms with E-state index in [0.717, 1.165) is 12.1 Å². The lowest BCUT2D eigenvalue weighted by molar-refractivity contribution is -0.127. The smallest absolute Gasteiger partial charge is 0.338 e. The second-order valence-corrected chi connectivity index (χ2v) is 3.41.